The van der Waals surface area contributed by atoms with E-state index in [9.17, 15) is 0 Å². The van der Waals surface area contributed by atoms with E-state index in [1.54, 1.807) is 11.3 Å². The number of hydrogen-bond acceptors (Lipinski definition) is 3. The molecule has 2 aromatic heterocycles. The fraction of sp³-hybridized carbons (Fsp3) is 0.467. The van der Waals surface area contributed by atoms with Crippen LogP contribution in [0.2, 0.25) is 4.34 Å². The van der Waals surface area contributed by atoms with E-state index < -0.39 is 0 Å². The number of nitrogens with one attached hydrogen (secondary N) is 1. The molecule has 0 aliphatic rings. The van der Waals surface area contributed by atoms with E-state index >= 15 is 0 Å². The molecule has 0 fully saturated rings. The zero-order valence-electron chi connectivity index (χ0n) is 13.6. The van der Waals surface area contributed by atoms with E-state index in [-0.39, 0.29) is 24.0 Å². The maximum Gasteiger partial charge on any atom is 0.194 e. The van der Waals surface area contributed by atoms with Crippen molar-refractivity contribution >= 4 is 52.9 Å². The second kappa shape index (κ2) is 10.1. The first-order valence-electron chi connectivity index (χ1n) is 7.31. The van der Waals surface area contributed by atoms with Crippen molar-refractivity contribution in [3.63, 3.8) is 0 Å². The number of halogens is 2. The molecule has 0 bridgehead atoms. The van der Waals surface area contributed by atoms with Gasteiger partial charge in [-0.2, -0.15) is 5.10 Å². The van der Waals surface area contributed by atoms with E-state index in [4.69, 9.17) is 11.6 Å². The van der Waals surface area contributed by atoms with Crippen molar-refractivity contribution in [1.29, 1.82) is 0 Å². The van der Waals surface area contributed by atoms with Crippen molar-refractivity contribution in [2.75, 3.05) is 20.1 Å². The summed E-state index contributed by atoms with van der Waals surface area (Å²) in [4.78, 5) is 8.00. The lowest BCUT2D eigenvalue weighted by molar-refractivity contribution is 0.479. The summed E-state index contributed by atoms with van der Waals surface area (Å²) in [6.45, 7) is 7.22. The Morgan fingerprint density at radius 2 is 2.26 bits per heavy atom. The number of aliphatic imine (C=N–C) groups is 1. The second-order valence-electron chi connectivity index (χ2n) is 5.08. The van der Waals surface area contributed by atoms with Crippen molar-refractivity contribution in [1.82, 2.24) is 20.0 Å². The van der Waals surface area contributed by atoms with Crippen LogP contribution in [-0.4, -0.2) is 40.8 Å². The monoisotopic (exact) mass is 467 g/mol. The Bertz CT molecular complexity index is 625. The van der Waals surface area contributed by atoms with Gasteiger partial charge in [-0.05, 0) is 31.5 Å². The minimum Gasteiger partial charge on any atom is -0.357 e. The number of aromatic nitrogens is 2. The first-order valence-corrected chi connectivity index (χ1v) is 8.50. The molecule has 0 amide bonds. The molecule has 1 N–H and O–H groups in total. The van der Waals surface area contributed by atoms with Gasteiger partial charge in [0, 0.05) is 24.7 Å². The Morgan fingerprint density at radius 1 is 1.48 bits per heavy atom. The quantitative estimate of drug-likeness (QED) is 0.401. The van der Waals surface area contributed by atoms with Crippen molar-refractivity contribution in [2.24, 2.45) is 4.99 Å². The lowest BCUT2D eigenvalue weighted by Gasteiger charge is -2.21. The number of hydrogen-bond donors (Lipinski definition) is 1. The number of rotatable bonds is 6. The Balaban J connectivity index is 0.00000264. The molecule has 0 atom stereocenters. The van der Waals surface area contributed by atoms with E-state index in [1.165, 1.54) is 10.4 Å². The molecule has 2 aromatic rings. The smallest absolute Gasteiger partial charge is 0.194 e. The van der Waals surface area contributed by atoms with Gasteiger partial charge in [0.25, 0.3) is 0 Å². The van der Waals surface area contributed by atoms with Crippen LogP contribution < -0.4 is 5.32 Å². The predicted molar refractivity (Wildman–Crippen MR) is 109 cm³/mol. The molecular formula is C15H23ClIN5S. The van der Waals surface area contributed by atoms with E-state index in [1.807, 2.05) is 37.1 Å². The average molecular weight is 468 g/mol. The van der Waals surface area contributed by atoms with Crippen LogP contribution in [0.15, 0.2) is 29.5 Å². The van der Waals surface area contributed by atoms with Crippen LogP contribution in [0.4, 0.5) is 0 Å². The van der Waals surface area contributed by atoms with Crippen LogP contribution in [0.1, 0.15) is 17.4 Å². The van der Waals surface area contributed by atoms with Crippen LogP contribution in [-0.2, 0) is 13.1 Å². The first-order chi connectivity index (χ1) is 10.6. The largest absolute Gasteiger partial charge is 0.357 e. The molecule has 5 nitrogen and oxygen atoms in total. The highest BCUT2D eigenvalue weighted by Gasteiger charge is 2.08. The number of nitrogens with zero attached hydrogens (tertiary/aromatic N) is 4. The summed E-state index contributed by atoms with van der Waals surface area (Å²) in [6, 6.07) is 3.99. The van der Waals surface area contributed by atoms with Gasteiger partial charge in [0.1, 0.15) is 0 Å². The van der Waals surface area contributed by atoms with Crippen molar-refractivity contribution in [3.8, 4) is 0 Å². The maximum atomic E-state index is 5.98. The minimum absolute atomic E-state index is 0. The highest BCUT2D eigenvalue weighted by Crippen LogP contribution is 2.22. The lowest BCUT2D eigenvalue weighted by Crippen LogP contribution is -2.38. The highest BCUT2D eigenvalue weighted by molar-refractivity contribution is 14.0. The Hall–Kier alpha value is -0.800. The molecule has 2 heterocycles. The molecule has 0 radical (unpaired) electrons. The second-order valence-corrected chi connectivity index (χ2v) is 6.88. The molecular weight excluding hydrogens is 445 g/mol. The average Bonchev–Trinajstić information content (AvgIpc) is 3.06. The van der Waals surface area contributed by atoms with Crippen LogP contribution in [0.5, 0.6) is 0 Å². The van der Waals surface area contributed by atoms with Gasteiger partial charge >= 0.3 is 0 Å². The Morgan fingerprint density at radius 3 is 2.83 bits per heavy atom. The minimum atomic E-state index is 0. The molecule has 0 spiro atoms. The van der Waals surface area contributed by atoms with Crippen LogP contribution in [0, 0.1) is 6.92 Å². The summed E-state index contributed by atoms with van der Waals surface area (Å²) in [7, 11) is 2.03. The fourth-order valence-electron chi connectivity index (χ4n) is 2.06. The zero-order valence-corrected chi connectivity index (χ0v) is 17.5. The summed E-state index contributed by atoms with van der Waals surface area (Å²) in [5, 5.41) is 7.59. The normalized spacial score (nSPS) is 11.2. The topological polar surface area (TPSA) is 45.5 Å². The van der Waals surface area contributed by atoms with Gasteiger partial charge in [0.2, 0.25) is 0 Å². The third-order valence-corrected chi connectivity index (χ3v) is 4.29. The summed E-state index contributed by atoms with van der Waals surface area (Å²) < 4.78 is 2.74. The summed E-state index contributed by atoms with van der Waals surface area (Å²) in [6.07, 6.45) is 3.89. The third-order valence-electron chi connectivity index (χ3n) is 3.07. The zero-order chi connectivity index (χ0) is 15.9. The van der Waals surface area contributed by atoms with Crippen LogP contribution in [0.25, 0.3) is 0 Å². The van der Waals surface area contributed by atoms with Crippen LogP contribution in [0.3, 0.4) is 0 Å². The molecule has 128 valence electrons. The fourth-order valence-corrected chi connectivity index (χ4v) is 3.20. The molecule has 2 rings (SSSR count). The molecule has 0 saturated carbocycles. The Labute approximate surface area is 163 Å². The lowest BCUT2D eigenvalue weighted by atomic mass is 10.4. The SMILES string of the molecule is CCNC(=NCCn1cc(C)cn1)N(C)Cc1ccc(Cl)s1.I. The highest BCUT2D eigenvalue weighted by atomic mass is 127. The van der Waals surface area contributed by atoms with E-state index in [0.29, 0.717) is 6.54 Å². The third kappa shape index (κ3) is 6.68. The van der Waals surface area contributed by atoms with Gasteiger partial charge < -0.3 is 10.2 Å². The van der Waals surface area contributed by atoms with Crippen LogP contribution >= 0.6 is 46.9 Å². The van der Waals surface area contributed by atoms with Crippen molar-refractivity contribution in [3.05, 3.63) is 39.3 Å². The standard InChI is InChI=1S/C15H22ClN5S.HI/c1-4-17-15(18-7-8-21-10-12(2)9-19-21)20(3)11-13-5-6-14(16)22-13;/h5-6,9-10H,4,7-8,11H2,1-3H3,(H,17,18);1H. The summed E-state index contributed by atoms with van der Waals surface area (Å²) in [5.41, 5.74) is 1.17. The summed E-state index contributed by atoms with van der Waals surface area (Å²) >= 11 is 7.58. The number of thiophene rings is 1. The van der Waals surface area contributed by atoms with Gasteiger partial charge in [-0.25, -0.2) is 0 Å². The molecule has 0 aliphatic carbocycles. The molecule has 0 saturated heterocycles. The predicted octanol–water partition coefficient (Wildman–Crippen LogP) is 3.62. The number of aryl methyl sites for hydroxylation is 1. The van der Waals surface area contributed by atoms with Gasteiger partial charge in [0.15, 0.2) is 5.96 Å². The van der Waals surface area contributed by atoms with Crippen molar-refractivity contribution in [2.45, 2.75) is 26.9 Å². The summed E-state index contributed by atoms with van der Waals surface area (Å²) in [5.74, 6) is 0.899. The van der Waals surface area contributed by atoms with E-state index in [0.717, 1.165) is 29.9 Å². The number of guanidine groups is 1. The molecule has 23 heavy (non-hydrogen) atoms. The molecule has 8 heteroatoms. The van der Waals surface area contributed by atoms with E-state index in [2.05, 4.69) is 33.3 Å². The maximum absolute atomic E-state index is 5.98. The molecule has 0 unspecified atom stereocenters. The van der Waals surface area contributed by atoms with Gasteiger partial charge in [-0.1, -0.05) is 11.6 Å². The molecule has 0 aromatic carbocycles. The van der Waals surface area contributed by atoms with Crippen molar-refractivity contribution < 1.29 is 0 Å². The van der Waals surface area contributed by atoms with Gasteiger partial charge in [-0.3, -0.25) is 9.67 Å². The first kappa shape index (κ1) is 20.2. The molecule has 0 aliphatic heterocycles. The van der Waals surface area contributed by atoms with Gasteiger partial charge in [0.05, 0.1) is 30.2 Å². The van der Waals surface area contributed by atoms with Gasteiger partial charge in [-0.15, -0.1) is 35.3 Å². The Kier molecular flexibility index (Phi) is 8.93.